The zero-order chi connectivity index (χ0) is 15.4. The summed E-state index contributed by atoms with van der Waals surface area (Å²) in [6.45, 7) is 3.98. The van der Waals surface area contributed by atoms with E-state index in [1.807, 2.05) is 13.8 Å². The van der Waals surface area contributed by atoms with Gasteiger partial charge in [-0.1, -0.05) is 6.92 Å². The van der Waals surface area contributed by atoms with E-state index in [4.69, 9.17) is 5.73 Å². The number of nitrogens with two attached hydrogens (primary N) is 1. The minimum atomic E-state index is -3.30. The molecule has 0 heterocycles. The lowest BCUT2D eigenvalue weighted by Gasteiger charge is -2.25. The van der Waals surface area contributed by atoms with E-state index >= 15 is 0 Å². The summed E-state index contributed by atoms with van der Waals surface area (Å²) in [5, 5.41) is 2.78. The molecule has 6 nitrogen and oxygen atoms in total. The molecule has 0 bridgehead atoms. The molecule has 0 saturated heterocycles. The molecule has 1 aromatic rings. The Bertz CT molecular complexity index is 563. The molecule has 1 rings (SSSR count). The molecule has 1 atom stereocenters. The maximum Gasteiger partial charge on any atom is 0.231 e. The molecule has 112 valence electrons. The van der Waals surface area contributed by atoms with Crippen LogP contribution in [0.25, 0.3) is 0 Å². The van der Waals surface area contributed by atoms with Crippen LogP contribution in [0.5, 0.6) is 0 Å². The van der Waals surface area contributed by atoms with Crippen LogP contribution in [0.2, 0.25) is 0 Å². The summed E-state index contributed by atoms with van der Waals surface area (Å²) in [6, 6.07) is 6.45. The Balaban J connectivity index is 2.78. The van der Waals surface area contributed by atoms with Gasteiger partial charge in [0.15, 0.2) is 0 Å². The minimum Gasteiger partial charge on any atom is -0.329 e. The molecule has 1 aromatic carbocycles. The van der Waals surface area contributed by atoms with Gasteiger partial charge in [0, 0.05) is 17.9 Å². The van der Waals surface area contributed by atoms with E-state index in [0.29, 0.717) is 17.8 Å². The Labute approximate surface area is 119 Å². The number of anilines is 2. The van der Waals surface area contributed by atoms with Crippen LogP contribution >= 0.6 is 0 Å². The van der Waals surface area contributed by atoms with Crippen molar-refractivity contribution in [1.29, 1.82) is 0 Å². The van der Waals surface area contributed by atoms with E-state index in [1.165, 1.54) is 0 Å². The van der Waals surface area contributed by atoms with Gasteiger partial charge >= 0.3 is 0 Å². The first-order valence-electron chi connectivity index (χ1n) is 6.29. The predicted molar refractivity (Wildman–Crippen MR) is 81.0 cm³/mol. The smallest absolute Gasteiger partial charge is 0.231 e. The van der Waals surface area contributed by atoms with E-state index in [2.05, 4.69) is 10.0 Å². The third kappa shape index (κ3) is 4.50. The Morgan fingerprint density at radius 1 is 1.25 bits per heavy atom. The van der Waals surface area contributed by atoms with Gasteiger partial charge < -0.3 is 11.1 Å². The molecule has 0 aliphatic carbocycles. The van der Waals surface area contributed by atoms with Crippen molar-refractivity contribution in [1.82, 2.24) is 0 Å². The molecule has 7 heteroatoms. The number of rotatable bonds is 6. The van der Waals surface area contributed by atoms with Crippen LogP contribution in [0.15, 0.2) is 24.3 Å². The molecular formula is C13H21N3O3S. The monoisotopic (exact) mass is 299 g/mol. The van der Waals surface area contributed by atoms with Crippen molar-refractivity contribution < 1.29 is 13.2 Å². The quantitative estimate of drug-likeness (QED) is 0.738. The molecule has 1 amide bonds. The molecule has 0 saturated carbocycles. The number of carbonyl (C=O) groups is 1. The molecule has 0 aliphatic heterocycles. The van der Waals surface area contributed by atoms with E-state index in [9.17, 15) is 13.2 Å². The SMILES string of the molecule is CCC(C)(CN)C(=O)Nc1ccc(NS(C)(=O)=O)cc1. The number of amides is 1. The van der Waals surface area contributed by atoms with Crippen molar-refractivity contribution in [2.24, 2.45) is 11.1 Å². The Hall–Kier alpha value is -1.60. The normalized spacial score (nSPS) is 14.4. The highest BCUT2D eigenvalue weighted by molar-refractivity contribution is 7.92. The van der Waals surface area contributed by atoms with E-state index in [-0.39, 0.29) is 12.5 Å². The summed E-state index contributed by atoms with van der Waals surface area (Å²) in [6.07, 6.45) is 1.72. The second-order valence-corrected chi connectivity index (χ2v) is 6.77. The van der Waals surface area contributed by atoms with Crippen molar-refractivity contribution >= 4 is 27.3 Å². The average Bonchev–Trinajstić information content (AvgIpc) is 2.38. The van der Waals surface area contributed by atoms with Gasteiger partial charge in [-0.2, -0.15) is 0 Å². The third-order valence-corrected chi connectivity index (χ3v) is 3.83. The summed E-state index contributed by atoms with van der Waals surface area (Å²) in [7, 11) is -3.30. The fourth-order valence-corrected chi connectivity index (χ4v) is 2.08. The largest absolute Gasteiger partial charge is 0.329 e. The van der Waals surface area contributed by atoms with Crippen LogP contribution in [0.1, 0.15) is 20.3 Å². The highest BCUT2D eigenvalue weighted by Crippen LogP contribution is 2.22. The first kappa shape index (κ1) is 16.5. The van der Waals surface area contributed by atoms with Gasteiger partial charge in [-0.3, -0.25) is 9.52 Å². The second-order valence-electron chi connectivity index (χ2n) is 5.02. The van der Waals surface area contributed by atoms with E-state index in [0.717, 1.165) is 6.26 Å². The highest BCUT2D eigenvalue weighted by Gasteiger charge is 2.29. The molecule has 0 aliphatic rings. The molecule has 0 aromatic heterocycles. The van der Waals surface area contributed by atoms with Crippen LogP contribution in [-0.2, 0) is 14.8 Å². The second kappa shape index (κ2) is 6.23. The molecule has 4 N–H and O–H groups in total. The molecular weight excluding hydrogens is 278 g/mol. The van der Waals surface area contributed by atoms with Crippen LogP contribution in [0.4, 0.5) is 11.4 Å². The lowest BCUT2D eigenvalue weighted by Crippen LogP contribution is -2.39. The van der Waals surface area contributed by atoms with Crippen LogP contribution in [-0.4, -0.2) is 27.1 Å². The van der Waals surface area contributed by atoms with Crippen molar-refractivity contribution in [3.63, 3.8) is 0 Å². The number of benzene rings is 1. The third-order valence-electron chi connectivity index (χ3n) is 3.23. The first-order chi connectivity index (χ1) is 9.20. The van der Waals surface area contributed by atoms with Crippen molar-refractivity contribution in [2.45, 2.75) is 20.3 Å². The number of hydrogen-bond donors (Lipinski definition) is 3. The van der Waals surface area contributed by atoms with Crippen LogP contribution in [0, 0.1) is 5.41 Å². The summed E-state index contributed by atoms with van der Waals surface area (Å²) < 4.78 is 24.5. The standard InChI is InChI=1S/C13H21N3O3S/c1-4-13(2,9-14)12(17)15-10-5-7-11(8-6-10)16-20(3,18)19/h5-8,16H,4,9,14H2,1-3H3,(H,15,17). The number of sulfonamides is 1. The minimum absolute atomic E-state index is 0.147. The van der Waals surface area contributed by atoms with Crippen LogP contribution in [0.3, 0.4) is 0 Å². The maximum absolute atomic E-state index is 12.1. The maximum atomic E-state index is 12.1. The lowest BCUT2D eigenvalue weighted by atomic mass is 9.86. The number of nitrogens with one attached hydrogen (secondary N) is 2. The Morgan fingerprint density at radius 3 is 2.15 bits per heavy atom. The van der Waals surface area contributed by atoms with Crippen LogP contribution < -0.4 is 15.8 Å². The lowest BCUT2D eigenvalue weighted by molar-refractivity contribution is -0.124. The van der Waals surface area contributed by atoms with Gasteiger partial charge in [0.25, 0.3) is 0 Å². The molecule has 0 radical (unpaired) electrons. The number of hydrogen-bond acceptors (Lipinski definition) is 4. The van der Waals surface area contributed by atoms with Crippen molar-refractivity contribution in [2.75, 3.05) is 22.8 Å². The zero-order valence-electron chi connectivity index (χ0n) is 11.9. The summed E-state index contributed by atoms with van der Waals surface area (Å²) >= 11 is 0. The fourth-order valence-electron chi connectivity index (χ4n) is 1.52. The fraction of sp³-hybridized carbons (Fsp3) is 0.462. The molecule has 0 spiro atoms. The molecule has 20 heavy (non-hydrogen) atoms. The molecule has 1 unspecified atom stereocenters. The van der Waals surface area contributed by atoms with Gasteiger partial charge in [0.05, 0.1) is 11.7 Å². The van der Waals surface area contributed by atoms with Crippen molar-refractivity contribution in [3.05, 3.63) is 24.3 Å². The Kier molecular flexibility index (Phi) is 5.13. The number of carbonyl (C=O) groups excluding carboxylic acids is 1. The topological polar surface area (TPSA) is 101 Å². The van der Waals surface area contributed by atoms with Gasteiger partial charge in [-0.25, -0.2) is 8.42 Å². The molecule has 0 fully saturated rings. The van der Waals surface area contributed by atoms with Gasteiger partial charge in [-0.05, 0) is 37.6 Å². The van der Waals surface area contributed by atoms with E-state index < -0.39 is 15.4 Å². The van der Waals surface area contributed by atoms with Gasteiger partial charge in [-0.15, -0.1) is 0 Å². The zero-order valence-corrected chi connectivity index (χ0v) is 12.8. The predicted octanol–water partition coefficient (Wildman–Crippen LogP) is 1.37. The first-order valence-corrected chi connectivity index (χ1v) is 8.19. The summed E-state index contributed by atoms with van der Waals surface area (Å²) in [4.78, 5) is 12.1. The average molecular weight is 299 g/mol. The highest BCUT2D eigenvalue weighted by atomic mass is 32.2. The Morgan fingerprint density at radius 2 is 1.75 bits per heavy atom. The van der Waals surface area contributed by atoms with E-state index in [1.54, 1.807) is 24.3 Å². The summed E-state index contributed by atoms with van der Waals surface area (Å²) in [5.74, 6) is -0.147. The van der Waals surface area contributed by atoms with Crippen molar-refractivity contribution in [3.8, 4) is 0 Å². The summed E-state index contributed by atoms with van der Waals surface area (Å²) in [5.41, 5.74) is 6.07. The van der Waals surface area contributed by atoms with Gasteiger partial charge in [0.2, 0.25) is 15.9 Å². The van der Waals surface area contributed by atoms with Gasteiger partial charge in [0.1, 0.15) is 0 Å².